The van der Waals surface area contributed by atoms with Crippen LogP contribution in [0.25, 0.3) is 0 Å². The standard InChI is InChI=1S/C19H22ClF3N2O2/c1-3-7-12(4-2)16(18(27)9-5-6-10-18)25-17(26)15-14(20)13(8-11-24-15)19(21,22)23/h4,7-8,11,16,27H,2-3,5-6,9-10H2,1H3,(H,25,26)/b12-7+. The summed E-state index contributed by atoms with van der Waals surface area (Å²) in [6.45, 7) is 5.62. The molecule has 0 aliphatic heterocycles. The molecule has 1 unspecified atom stereocenters. The van der Waals surface area contributed by atoms with Crippen LogP contribution in [0.3, 0.4) is 0 Å². The molecule has 1 saturated carbocycles. The number of aliphatic hydroxyl groups is 1. The third kappa shape index (κ3) is 4.71. The van der Waals surface area contributed by atoms with Gasteiger partial charge in [0.05, 0.1) is 22.2 Å². The van der Waals surface area contributed by atoms with Gasteiger partial charge < -0.3 is 10.4 Å². The molecule has 0 spiro atoms. The first kappa shape index (κ1) is 21.4. The fourth-order valence-electron chi connectivity index (χ4n) is 3.38. The van der Waals surface area contributed by atoms with E-state index in [1.54, 1.807) is 0 Å². The van der Waals surface area contributed by atoms with Gasteiger partial charge in [-0.05, 0) is 30.9 Å². The molecule has 1 fully saturated rings. The van der Waals surface area contributed by atoms with Crippen LogP contribution in [-0.4, -0.2) is 27.6 Å². The minimum atomic E-state index is -4.70. The van der Waals surface area contributed by atoms with Gasteiger partial charge in [-0.2, -0.15) is 13.2 Å². The fraction of sp³-hybridized carbons (Fsp3) is 0.474. The summed E-state index contributed by atoms with van der Waals surface area (Å²) in [5.74, 6) is -0.875. The highest BCUT2D eigenvalue weighted by molar-refractivity contribution is 6.34. The van der Waals surface area contributed by atoms with Crippen LogP contribution in [0.4, 0.5) is 13.2 Å². The molecule has 27 heavy (non-hydrogen) atoms. The number of nitrogens with zero attached hydrogens (tertiary/aromatic N) is 1. The normalized spacial score (nSPS) is 18.2. The summed E-state index contributed by atoms with van der Waals surface area (Å²) < 4.78 is 39.1. The largest absolute Gasteiger partial charge is 0.417 e. The number of pyridine rings is 1. The molecular formula is C19H22ClF3N2O2. The van der Waals surface area contributed by atoms with Gasteiger partial charge in [-0.1, -0.05) is 50.1 Å². The van der Waals surface area contributed by atoms with Crippen molar-refractivity contribution in [3.8, 4) is 0 Å². The molecule has 0 radical (unpaired) electrons. The van der Waals surface area contributed by atoms with Gasteiger partial charge in [0, 0.05) is 6.20 Å². The van der Waals surface area contributed by atoms with Crippen molar-refractivity contribution in [2.45, 2.75) is 56.8 Å². The van der Waals surface area contributed by atoms with Crippen LogP contribution in [0.5, 0.6) is 0 Å². The van der Waals surface area contributed by atoms with E-state index in [1.165, 1.54) is 6.08 Å². The van der Waals surface area contributed by atoms with Crippen LogP contribution in [0.2, 0.25) is 5.02 Å². The number of aromatic nitrogens is 1. The number of rotatable bonds is 6. The molecule has 2 N–H and O–H groups in total. The van der Waals surface area contributed by atoms with Gasteiger partial charge in [-0.25, -0.2) is 4.98 Å². The van der Waals surface area contributed by atoms with E-state index >= 15 is 0 Å². The maximum atomic E-state index is 13.0. The van der Waals surface area contributed by atoms with Crippen LogP contribution < -0.4 is 5.32 Å². The summed E-state index contributed by atoms with van der Waals surface area (Å²) in [7, 11) is 0. The quantitative estimate of drug-likeness (QED) is 0.679. The van der Waals surface area contributed by atoms with Gasteiger partial charge in [0.25, 0.3) is 5.91 Å². The molecule has 2 rings (SSSR count). The topological polar surface area (TPSA) is 62.2 Å². The average molecular weight is 403 g/mol. The third-order valence-corrected chi connectivity index (χ3v) is 5.08. The summed E-state index contributed by atoms with van der Waals surface area (Å²) in [4.78, 5) is 16.4. The number of halogens is 4. The molecule has 4 nitrogen and oxygen atoms in total. The number of hydrogen-bond acceptors (Lipinski definition) is 3. The van der Waals surface area contributed by atoms with Crippen molar-refractivity contribution >= 4 is 17.5 Å². The maximum absolute atomic E-state index is 13.0. The Morgan fingerprint density at radius 2 is 2.11 bits per heavy atom. The molecule has 1 atom stereocenters. The van der Waals surface area contributed by atoms with Crippen LogP contribution in [0.15, 0.2) is 36.6 Å². The second-order valence-electron chi connectivity index (χ2n) is 6.55. The predicted octanol–water partition coefficient (Wildman–Crippen LogP) is 4.68. The monoisotopic (exact) mass is 402 g/mol. The summed E-state index contributed by atoms with van der Waals surface area (Å²) >= 11 is 5.80. The third-order valence-electron chi connectivity index (χ3n) is 4.70. The highest BCUT2D eigenvalue weighted by atomic mass is 35.5. The molecule has 148 valence electrons. The van der Waals surface area contributed by atoms with Crippen LogP contribution in [-0.2, 0) is 6.18 Å². The molecule has 0 bridgehead atoms. The van der Waals surface area contributed by atoms with Crippen LogP contribution >= 0.6 is 11.6 Å². The number of amides is 1. The van der Waals surface area contributed by atoms with Gasteiger partial charge in [-0.3, -0.25) is 4.79 Å². The van der Waals surface area contributed by atoms with Gasteiger partial charge in [0.1, 0.15) is 5.69 Å². The van der Waals surface area contributed by atoms with Crippen molar-refractivity contribution in [1.82, 2.24) is 10.3 Å². The Labute approximate surface area is 161 Å². The molecule has 1 aromatic heterocycles. The molecular weight excluding hydrogens is 381 g/mol. The van der Waals surface area contributed by atoms with E-state index in [2.05, 4.69) is 16.9 Å². The van der Waals surface area contributed by atoms with E-state index in [1.807, 2.05) is 13.0 Å². The van der Waals surface area contributed by atoms with Gasteiger partial charge in [0.15, 0.2) is 0 Å². The average Bonchev–Trinajstić information content (AvgIpc) is 3.04. The molecule has 1 aliphatic carbocycles. The zero-order valence-electron chi connectivity index (χ0n) is 14.9. The van der Waals surface area contributed by atoms with Crippen molar-refractivity contribution in [3.05, 3.63) is 52.8 Å². The molecule has 0 saturated heterocycles. The first-order valence-corrected chi connectivity index (χ1v) is 9.09. The Hall–Kier alpha value is -1.86. The number of allylic oxidation sites excluding steroid dienone is 1. The van der Waals surface area contributed by atoms with Crippen molar-refractivity contribution in [3.63, 3.8) is 0 Å². The zero-order chi connectivity index (χ0) is 20.2. The van der Waals surface area contributed by atoms with Gasteiger partial charge in [-0.15, -0.1) is 0 Å². The van der Waals surface area contributed by atoms with E-state index < -0.39 is 40.0 Å². The van der Waals surface area contributed by atoms with E-state index in [4.69, 9.17) is 11.6 Å². The number of hydrogen-bond donors (Lipinski definition) is 2. The number of nitrogens with one attached hydrogen (secondary N) is 1. The lowest BCUT2D eigenvalue weighted by Crippen LogP contribution is -2.52. The minimum absolute atomic E-state index is 0.469. The Morgan fingerprint density at radius 1 is 1.48 bits per heavy atom. The van der Waals surface area contributed by atoms with E-state index in [0.29, 0.717) is 30.9 Å². The number of alkyl halides is 3. The second-order valence-corrected chi connectivity index (χ2v) is 6.93. The highest BCUT2D eigenvalue weighted by Gasteiger charge is 2.42. The van der Waals surface area contributed by atoms with Crippen LogP contribution in [0, 0.1) is 0 Å². The lowest BCUT2D eigenvalue weighted by Gasteiger charge is -2.34. The van der Waals surface area contributed by atoms with Gasteiger partial charge in [0.2, 0.25) is 0 Å². The van der Waals surface area contributed by atoms with Gasteiger partial charge >= 0.3 is 6.18 Å². The van der Waals surface area contributed by atoms with Crippen molar-refractivity contribution in [2.75, 3.05) is 0 Å². The number of carbonyl (C=O) groups excluding carboxylic acids is 1. The Bertz CT molecular complexity index is 741. The first-order valence-electron chi connectivity index (χ1n) is 8.71. The highest BCUT2D eigenvalue weighted by Crippen LogP contribution is 2.37. The first-order chi connectivity index (χ1) is 12.6. The summed E-state index contributed by atoms with van der Waals surface area (Å²) in [5, 5.41) is 12.9. The molecule has 1 amide bonds. The van der Waals surface area contributed by atoms with Crippen LogP contribution in [0.1, 0.15) is 55.1 Å². The van der Waals surface area contributed by atoms with E-state index in [-0.39, 0.29) is 0 Å². The predicted molar refractivity (Wildman–Crippen MR) is 97.5 cm³/mol. The smallest absolute Gasteiger partial charge is 0.387 e. The Kier molecular flexibility index (Phi) is 6.70. The molecule has 1 aliphatic rings. The fourth-order valence-corrected chi connectivity index (χ4v) is 3.68. The minimum Gasteiger partial charge on any atom is -0.387 e. The Balaban J connectivity index is 2.40. The maximum Gasteiger partial charge on any atom is 0.417 e. The van der Waals surface area contributed by atoms with Crippen molar-refractivity contribution in [2.24, 2.45) is 0 Å². The molecule has 0 aromatic carbocycles. The van der Waals surface area contributed by atoms with Crippen molar-refractivity contribution < 1.29 is 23.1 Å². The number of carbonyl (C=O) groups is 1. The SMILES string of the molecule is C=C/C(=C\CC)C(NC(=O)c1nccc(C(F)(F)F)c1Cl)C1(O)CCCC1. The summed E-state index contributed by atoms with van der Waals surface area (Å²) in [6, 6.07) is -0.0925. The molecule has 1 aromatic rings. The Morgan fingerprint density at radius 3 is 2.63 bits per heavy atom. The molecule has 8 heteroatoms. The lowest BCUT2D eigenvalue weighted by molar-refractivity contribution is -0.137. The zero-order valence-corrected chi connectivity index (χ0v) is 15.7. The summed E-state index contributed by atoms with van der Waals surface area (Å²) in [5.41, 5.74) is -2.25. The van der Waals surface area contributed by atoms with E-state index in [9.17, 15) is 23.1 Å². The second kappa shape index (κ2) is 8.44. The molecule has 1 heterocycles. The summed E-state index contributed by atoms with van der Waals surface area (Å²) in [6.07, 6.45) is 2.70. The lowest BCUT2D eigenvalue weighted by atomic mass is 9.86. The van der Waals surface area contributed by atoms with E-state index in [0.717, 1.165) is 19.0 Å². The van der Waals surface area contributed by atoms with Crippen molar-refractivity contribution in [1.29, 1.82) is 0 Å².